The third kappa shape index (κ3) is 3.08. The Morgan fingerprint density at radius 2 is 2.05 bits per heavy atom. The molecule has 1 heterocycles. The molecule has 1 aromatic heterocycles. The first-order valence-corrected chi connectivity index (χ1v) is 6.65. The van der Waals surface area contributed by atoms with Crippen molar-refractivity contribution in [1.82, 2.24) is 9.55 Å². The molecule has 0 aliphatic heterocycles. The Morgan fingerprint density at radius 3 is 2.79 bits per heavy atom. The largest absolute Gasteiger partial charge is 0.508 e. The number of imidazole rings is 1. The van der Waals surface area contributed by atoms with Crippen molar-refractivity contribution in [3.63, 3.8) is 0 Å². The van der Waals surface area contributed by atoms with Crippen LogP contribution < -0.4 is 5.32 Å². The van der Waals surface area contributed by atoms with E-state index in [2.05, 4.69) is 21.8 Å². The minimum atomic E-state index is 0.346. The Hall–Kier alpha value is -1.97. The van der Waals surface area contributed by atoms with E-state index in [0.717, 1.165) is 36.3 Å². The van der Waals surface area contributed by atoms with E-state index in [1.165, 1.54) is 5.69 Å². The average Bonchev–Trinajstić information content (AvgIpc) is 2.80. The fourth-order valence-corrected chi connectivity index (χ4v) is 2.11. The van der Waals surface area contributed by atoms with Crippen molar-refractivity contribution in [2.24, 2.45) is 0 Å². The van der Waals surface area contributed by atoms with Gasteiger partial charge in [0.1, 0.15) is 5.75 Å². The summed E-state index contributed by atoms with van der Waals surface area (Å²) in [6.07, 6.45) is 4.86. The fraction of sp³-hybridized carbons (Fsp3) is 0.400. The number of hydrogen-bond donors (Lipinski definition) is 2. The predicted molar refractivity (Wildman–Crippen MR) is 77.4 cm³/mol. The molecule has 0 saturated carbocycles. The van der Waals surface area contributed by atoms with Crippen LogP contribution in [0.2, 0.25) is 0 Å². The van der Waals surface area contributed by atoms with E-state index in [4.69, 9.17) is 0 Å². The third-order valence-corrected chi connectivity index (χ3v) is 3.27. The lowest BCUT2D eigenvalue weighted by molar-refractivity contribution is 0.471. The first-order valence-electron chi connectivity index (χ1n) is 6.65. The molecular formula is C15H21N3O. The molecule has 0 unspecified atom stereocenters. The number of nitrogens with one attached hydrogen (secondary N) is 1. The summed E-state index contributed by atoms with van der Waals surface area (Å²) in [6.45, 7) is 7.78. The summed E-state index contributed by atoms with van der Waals surface area (Å²) in [6, 6.07) is 3.77. The van der Waals surface area contributed by atoms with Crippen LogP contribution in [0.3, 0.4) is 0 Å². The highest BCUT2D eigenvalue weighted by Crippen LogP contribution is 2.25. The van der Waals surface area contributed by atoms with Crippen molar-refractivity contribution >= 4 is 5.69 Å². The van der Waals surface area contributed by atoms with Crippen molar-refractivity contribution in [3.05, 3.63) is 41.5 Å². The SMILES string of the molecule is CCCn1cncc1CNc1cc(C)c(O)cc1C. The van der Waals surface area contributed by atoms with Crippen molar-refractivity contribution in [1.29, 1.82) is 0 Å². The normalized spacial score (nSPS) is 10.7. The number of aromatic hydroxyl groups is 1. The number of aromatic nitrogens is 2. The van der Waals surface area contributed by atoms with Crippen molar-refractivity contribution in [2.45, 2.75) is 40.3 Å². The van der Waals surface area contributed by atoms with E-state index in [-0.39, 0.29) is 0 Å². The summed E-state index contributed by atoms with van der Waals surface area (Å²) in [5.74, 6) is 0.346. The van der Waals surface area contributed by atoms with Gasteiger partial charge in [0, 0.05) is 18.4 Å². The van der Waals surface area contributed by atoms with Gasteiger partial charge in [-0.2, -0.15) is 0 Å². The van der Waals surface area contributed by atoms with E-state index in [1.807, 2.05) is 32.4 Å². The molecule has 19 heavy (non-hydrogen) atoms. The highest BCUT2D eigenvalue weighted by atomic mass is 16.3. The fourth-order valence-electron chi connectivity index (χ4n) is 2.11. The minimum Gasteiger partial charge on any atom is -0.508 e. The third-order valence-electron chi connectivity index (χ3n) is 3.27. The van der Waals surface area contributed by atoms with Crippen LogP contribution in [-0.2, 0) is 13.1 Å². The maximum absolute atomic E-state index is 9.65. The van der Waals surface area contributed by atoms with E-state index < -0.39 is 0 Å². The summed E-state index contributed by atoms with van der Waals surface area (Å²) in [5.41, 5.74) is 4.16. The zero-order chi connectivity index (χ0) is 13.8. The molecule has 0 spiro atoms. The van der Waals surface area contributed by atoms with Crippen molar-refractivity contribution in [2.75, 3.05) is 5.32 Å². The number of hydrogen-bond acceptors (Lipinski definition) is 3. The van der Waals surface area contributed by atoms with Crippen LogP contribution in [0.1, 0.15) is 30.2 Å². The van der Waals surface area contributed by atoms with Gasteiger partial charge in [0.05, 0.1) is 18.6 Å². The van der Waals surface area contributed by atoms with Gasteiger partial charge in [-0.3, -0.25) is 0 Å². The van der Waals surface area contributed by atoms with Gasteiger partial charge < -0.3 is 15.0 Å². The monoisotopic (exact) mass is 259 g/mol. The first-order chi connectivity index (χ1) is 9.11. The molecule has 2 rings (SSSR count). The smallest absolute Gasteiger partial charge is 0.118 e. The number of benzene rings is 1. The molecule has 0 aliphatic carbocycles. The molecule has 0 atom stereocenters. The summed E-state index contributed by atoms with van der Waals surface area (Å²) < 4.78 is 2.16. The molecule has 0 amide bonds. The van der Waals surface area contributed by atoms with Gasteiger partial charge in [0.15, 0.2) is 0 Å². The van der Waals surface area contributed by atoms with Crippen LogP contribution in [0.25, 0.3) is 0 Å². The number of phenols is 1. The quantitative estimate of drug-likeness (QED) is 0.810. The second-order valence-electron chi connectivity index (χ2n) is 4.89. The Morgan fingerprint density at radius 1 is 1.26 bits per heavy atom. The maximum Gasteiger partial charge on any atom is 0.118 e. The Bertz CT molecular complexity index is 561. The Balaban J connectivity index is 2.10. The van der Waals surface area contributed by atoms with Crippen LogP contribution in [-0.4, -0.2) is 14.7 Å². The number of phenolic OH excluding ortho intramolecular Hbond substituents is 1. The van der Waals surface area contributed by atoms with Gasteiger partial charge in [0.25, 0.3) is 0 Å². The first kappa shape index (κ1) is 13.5. The molecule has 0 radical (unpaired) electrons. The van der Waals surface area contributed by atoms with Gasteiger partial charge in [-0.1, -0.05) is 6.92 Å². The molecule has 4 nitrogen and oxygen atoms in total. The van der Waals surface area contributed by atoms with E-state index in [0.29, 0.717) is 5.75 Å². The summed E-state index contributed by atoms with van der Waals surface area (Å²) in [4.78, 5) is 4.19. The zero-order valence-electron chi connectivity index (χ0n) is 11.8. The van der Waals surface area contributed by atoms with Gasteiger partial charge in [-0.15, -0.1) is 0 Å². The molecule has 0 fully saturated rings. The van der Waals surface area contributed by atoms with E-state index in [1.54, 1.807) is 6.07 Å². The standard InChI is InChI=1S/C15H21N3O/c1-4-5-18-10-16-8-13(18)9-17-14-6-12(3)15(19)7-11(14)2/h6-8,10,17,19H,4-5,9H2,1-3H3. The number of aryl methyl sites for hydroxylation is 3. The van der Waals surface area contributed by atoms with Crippen LogP contribution in [0.5, 0.6) is 5.75 Å². The molecule has 2 aromatic rings. The lowest BCUT2D eigenvalue weighted by atomic mass is 10.1. The second-order valence-corrected chi connectivity index (χ2v) is 4.89. The molecule has 0 bridgehead atoms. The number of rotatable bonds is 5. The molecule has 0 saturated heterocycles. The van der Waals surface area contributed by atoms with Crippen molar-refractivity contribution < 1.29 is 5.11 Å². The molecule has 2 N–H and O–H groups in total. The van der Waals surface area contributed by atoms with Crippen molar-refractivity contribution in [3.8, 4) is 5.75 Å². The summed E-state index contributed by atoms with van der Waals surface area (Å²) >= 11 is 0. The molecule has 4 heteroatoms. The van der Waals surface area contributed by atoms with Crippen LogP contribution in [0.4, 0.5) is 5.69 Å². The minimum absolute atomic E-state index is 0.346. The second kappa shape index (κ2) is 5.78. The number of nitrogens with zero attached hydrogens (tertiary/aromatic N) is 2. The molecular weight excluding hydrogens is 238 g/mol. The summed E-state index contributed by atoms with van der Waals surface area (Å²) in [7, 11) is 0. The molecule has 1 aromatic carbocycles. The highest BCUT2D eigenvalue weighted by molar-refractivity contribution is 5.56. The zero-order valence-corrected chi connectivity index (χ0v) is 11.8. The van der Waals surface area contributed by atoms with Gasteiger partial charge in [-0.25, -0.2) is 4.98 Å². The maximum atomic E-state index is 9.65. The number of anilines is 1. The van der Waals surface area contributed by atoms with Gasteiger partial charge in [0.2, 0.25) is 0 Å². The van der Waals surface area contributed by atoms with Crippen LogP contribution >= 0.6 is 0 Å². The average molecular weight is 259 g/mol. The predicted octanol–water partition coefficient (Wildman–Crippen LogP) is 3.23. The summed E-state index contributed by atoms with van der Waals surface area (Å²) in [5, 5.41) is 13.1. The van der Waals surface area contributed by atoms with E-state index in [9.17, 15) is 5.11 Å². The van der Waals surface area contributed by atoms with Gasteiger partial charge >= 0.3 is 0 Å². The van der Waals surface area contributed by atoms with Gasteiger partial charge in [-0.05, 0) is 43.5 Å². The van der Waals surface area contributed by atoms with Crippen LogP contribution in [0, 0.1) is 13.8 Å². The van der Waals surface area contributed by atoms with Crippen LogP contribution in [0.15, 0.2) is 24.7 Å². The lowest BCUT2D eigenvalue weighted by Gasteiger charge is -2.13. The molecule has 0 aliphatic rings. The lowest BCUT2D eigenvalue weighted by Crippen LogP contribution is -2.07. The molecule has 102 valence electrons. The Labute approximate surface area is 114 Å². The topological polar surface area (TPSA) is 50.1 Å². The van der Waals surface area contributed by atoms with E-state index >= 15 is 0 Å². The highest BCUT2D eigenvalue weighted by Gasteiger charge is 2.05. The Kier molecular flexibility index (Phi) is 4.10.